The van der Waals surface area contributed by atoms with Crippen molar-refractivity contribution < 1.29 is 14.3 Å². The van der Waals surface area contributed by atoms with Crippen LogP contribution in [0.5, 0.6) is 0 Å². The summed E-state index contributed by atoms with van der Waals surface area (Å²) in [6.45, 7) is 1.79. The third-order valence-electron chi connectivity index (χ3n) is 2.09. The van der Waals surface area contributed by atoms with Crippen molar-refractivity contribution in [3.63, 3.8) is 0 Å². The Labute approximate surface area is 104 Å². The quantitative estimate of drug-likeness (QED) is 0.771. The van der Waals surface area contributed by atoms with Crippen molar-refractivity contribution in [2.24, 2.45) is 0 Å². The molecule has 0 fully saturated rings. The molecule has 94 valence electrons. The van der Waals surface area contributed by atoms with Crippen molar-refractivity contribution >= 4 is 17.6 Å². The number of rotatable bonds is 4. The topological polar surface area (TPSA) is 61.4 Å². The van der Waals surface area contributed by atoms with Gasteiger partial charge in [-0.15, -0.1) is 0 Å². The number of halogens is 2. The number of benzene rings is 1. The Morgan fingerprint density at radius 3 is 2.88 bits per heavy atom. The van der Waals surface area contributed by atoms with Crippen LogP contribution in [0.4, 0.5) is 9.18 Å². The molecular formula is C11H14ClFN2O2. The summed E-state index contributed by atoms with van der Waals surface area (Å²) in [4.78, 5) is 11.3. The van der Waals surface area contributed by atoms with E-state index in [1.807, 2.05) is 0 Å². The average molecular weight is 261 g/mol. The third-order valence-corrected chi connectivity index (χ3v) is 2.38. The Balaban J connectivity index is 2.45. The van der Waals surface area contributed by atoms with E-state index in [4.69, 9.17) is 16.7 Å². The molecule has 17 heavy (non-hydrogen) atoms. The van der Waals surface area contributed by atoms with Gasteiger partial charge in [0.1, 0.15) is 5.82 Å². The van der Waals surface area contributed by atoms with Crippen LogP contribution < -0.4 is 10.6 Å². The lowest BCUT2D eigenvalue weighted by atomic mass is 10.2. The summed E-state index contributed by atoms with van der Waals surface area (Å²) < 4.78 is 12.9. The van der Waals surface area contributed by atoms with E-state index >= 15 is 0 Å². The number of hydrogen-bond acceptors (Lipinski definition) is 2. The van der Waals surface area contributed by atoms with Crippen molar-refractivity contribution in [3.05, 3.63) is 34.6 Å². The van der Waals surface area contributed by atoms with Gasteiger partial charge in [-0.3, -0.25) is 0 Å². The molecular weight excluding hydrogens is 247 g/mol. The number of aliphatic hydroxyl groups excluding tert-OH is 1. The monoisotopic (exact) mass is 260 g/mol. The van der Waals surface area contributed by atoms with Gasteiger partial charge in [0.25, 0.3) is 0 Å². The molecule has 3 N–H and O–H groups in total. The van der Waals surface area contributed by atoms with Crippen molar-refractivity contribution in [2.75, 3.05) is 6.61 Å². The average Bonchev–Trinajstić information content (AvgIpc) is 2.30. The summed E-state index contributed by atoms with van der Waals surface area (Å²) in [6.07, 6.45) is 0. The molecule has 0 aliphatic rings. The number of urea groups is 1. The highest BCUT2D eigenvalue weighted by Crippen LogP contribution is 2.15. The Kier molecular flexibility index (Phi) is 5.18. The predicted octanol–water partition coefficient (Wildman–Crippen LogP) is 1.66. The maximum Gasteiger partial charge on any atom is 0.315 e. The summed E-state index contributed by atoms with van der Waals surface area (Å²) in [5.41, 5.74) is 0.697. The van der Waals surface area contributed by atoms with Crippen LogP contribution in [-0.2, 0) is 6.54 Å². The van der Waals surface area contributed by atoms with Gasteiger partial charge in [-0.25, -0.2) is 9.18 Å². The maximum atomic E-state index is 12.9. The van der Waals surface area contributed by atoms with Crippen LogP contribution in [-0.4, -0.2) is 23.8 Å². The van der Waals surface area contributed by atoms with Crippen LogP contribution in [0, 0.1) is 5.82 Å². The molecule has 0 spiro atoms. The van der Waals surface area contributed by atoms with E-state index in [0.717, 1.165) is 0 Å². The van der Waals surface area contributed by atoms with Gasteiger partial charge in [0.15, 0.2) is 0 Å². The maximum absolute atomic E-state index is 12.9. The zero-order valence-corrected chi connectivity index (χ0v) is 10.1. The highest BCUT2D eigenvalue weighted by molar-refractivity contribution is 6.30. The Morgan fingerprint density at radius 1 is 1.59 bits per heavy atom. The first-order valence-corrected chi connectivity index (χ1v) is 5.50. The minimum Gasteiger partial charge on any atom is -0.394 e. The Hall–Kier alpha value is -1.33. The van der Waals surface area contributed by atoms with Gasteiger partial charge < -0.3 is 15.7 Å². The lowest BCUT2D eigenvalue weighted by molar-refractivity contribution is 0.220. The van der Waals surface area contributed by atoms with Crippen LogP contribution in [0.15, 0.2) is 18.2 Å². The fourth-order valence-corrected chi connectivity index (χ4v) is 1.36. The molecule has 0 saturated heterocycles. The first-order valence-electron chi connectivity index (χ1n) is 5.12. The molecule has 0 aliphatic heterocycles. The molecule has 2 amide bonds. The Morgan fingerprint density at radius 2 is 2.29 bits per heavy atom. The number of carbonyl (C=O) groups is 1. The third kappa shape index (κ3) is 4.58. The zero-order chi connectivity index (χ0) is 12.8. The van der Waals surface area contributed by atoms with Gasteiger partial charge in [-0.1, -0.05) is 17.7 Å². The van der Waals surface area contributed by atoms with Gasteiger partial charge in [0.2, 0.25) is 0 Å². The second-order valence-corrected chi connectivity index (χ2v) is 4.07. The van der Waals surface area contributed by atoms with E-state index < -0.39 is 11.8 Å². The molecule has 0 radical (unpaired) electrons. The number of hydrogen-bond donors (Lipinski definition) is 3. The predicted molar refractivity (Wildman–Crippen MR) is 63.3 cm³/mol. The smallest absolute Gasteiger partial charge is 0.315 e. The van der Waals surface area contributed by atoms with Crippen LogP contribution in [0.25, 0.3) is 0 Å². The van der Waals surface area contributed by atoms with E-state index in [9.17, 15) is 9.18 Å². The molecule has 1 rings (SSSR count). The zero-order valence-electron chi connectivity index (χ0n) is 9.34. The summed E-state index contributed by atoms with van der Waals surface area (Å²) in [5.74, 6) is -0.492. The van der Waals surface area contributed by atoms with Crippen LogP contribution in [0.1, 0.15) is 12.5 Å². The summed E-state index contributed by atoms with van der Waals surface area (Å²) in [6, 6.07) is 3.52. The Bertz CT molecular complexity index is 401. The normalized spacial score (nSPS) is 12.0. The van der Waals surface area contributed by atoms with E-state index in [-0.39, 0.29) is 24.2 Å². The largest absolute Gasteiger partial charge is 0.394 e. The number of amides is 2. The van der Waals surface area contributed by atoms with Crippen LogP contribution in [0.3, 0.4) is 0 Å². The molecule has 0 aromatic heterocycles. The highest BCUT2D eigenvalue weighted by Gasteiger charge is 2.06. The second-order valence-electron chi connectivity index (χ2n) is 3.66. The molecule has 0 heterocycles. The summed E-state index contributed by atoms with van der Waals surface area (Å²) in [5, 5.41) is 13.8. The fourth-order valence-electron chi connectivity index (χ4n) is 1.15. The van der Waals surface area contributed by atoms with E-state index in [0.29, 0.717) is 5.56 Å². The second kappa shape index (κ2) is 6.42. The number of aliphatic hydroxyl groups is 1. The van der Waals surface area contributed by atoms with Crippen LogP contribution in [0.2, 0.25) is 5.02 Å². The number of nitrogens with one attached hydrogen (secondary N) is 2. The summed E-state index contributed by atoms with van der Waals surface area (Å²) in [7, 11) is 0. The first-order chi connectivity index (χ1) is 8.02. The molecule has 1 aromatic rings. The molecule has 0 saturated carbocycles. The minimum absolute atomic E-state index is 0.0217. The number of carbonyl (C=O) groups excluding carboxylic acids is 1. The molecule has 0 bridgehead atoms. The highest BCUT2D eigenvalue weighted by atomic mass is 35.5. The summed E-state index contributed by atoms with van der Waals surface area (Å²) >= 11 is 5.60. The van der Waals surface area contributed by atoms with Crippen molar-refractivity contribution in [3.8, 4) is 0 Å². The molecule has 6 heteroatoms. The van der Waals surface area contributed by atoms with E-state index in [2.05, 4.69) is 10.6 Å². The first kappa shape index (κ1) is 13.7. The molecule has 0 aliphatic carbocycles. The van der Waals surface area contributed by atoms with E-state index in [1.54, 1.807) is 6.92 Å². The lowest BCUT2D eigenvalue weighted by Crippen LogP contribution is -2.41. The van der Waals surface area contributed by atoms with Crippen LogP contribution >= 0.6 is 11.6 Å². The SMILES string of the molecule is CC(CO)NC(=O)NCc1ccc(F)c(Cl)c1. The standard InChI is InChI=1S/C11H14ClFN2O2/c1-7(6-16)15-11(17)14-5-8-2-3-10(13)9(12)4-8/h2-4,7,16H,5-6H2,1H3,(H2,14,15,17). The van der Waals surface area contributed by atoms with Gasteiger partial charge in [0.05, 0.1) is 17.7 Å². The molecule has 1 atom stereocenters. The van der Waals surface area contributed by atoms with Gasteiger partial charge >= 0.3 is 6.03 Å². The van der Waals surface area contributed by atoms with Gasteiger partial charge in [0, 0.05) is 6.54 Å². The molecule has 1 unspecified atom stereocenters. The van der Waals surface area contributed by atoms with Gasteiger partial charge in [-0.2, -0.15) is 0 Å². The van der Waals surface area contributed by atoms with Crippen molar-refractivity contribution in [2.45, 2.75) is 19.5 Å². The fraction of sp³-hybridized carbons (Fsp3) is 0.364. The minimum atomic E-state index is -0.492. The lowest BCUT2D eigenvalue weighted by Gasteiger charge is -2.12. The molecule has 4 nitrogen and oxygen atoms in total. The van der Waals surface area contributed by atoms with E-state index in [1.165, 1.54) is 18.2 Å². The van der Waals surface area contributed by atoms with Crippen molar-refractivity contribution in [1.29, 1.82) is 0 Å². The van der Waals surface area contributed by atoms with Gasteiger partial charge in [-0.05, 0) is 24.6 Å². The molecule has 1 aromatic carbocycles. The van der Waals surface area contributed by atoms with Crippen molar-refractivity contribution in [1.82, 2.24) is 10.6 Å².